The van der Waals surface area contributed by atoms with E-state index in [4.69, 9.17) is 0 Å². The summed E-state index contributed by atoms with van der Waals surface area (Å²) in [5.74, 6) is -1.37. The van der Waals surface area contributed by atoms with Crippen LogP contribution in [0.3, 0.4) is 0 Å². The minimum Gasteiger partial charge on any atom is -0.339 e. The molecule has 0 aromatic heterocycles. The fraction of sp³-hybridized carbons (Fsp3) is 0.417. The molecule has 1 aliphatic carbocycles. The summed E-state index contributed by atoms with van der Waals surface area (Å²) in [5.41, 5.74) is -0.307. The standard InChI is InChI=1S/C24H27F2N3O2/c1-2-14-24(23(31)28-15-3-16-28,27-22(30)17-4-6-18(25)7-5-17)29(21-12-13-21)20-10-8-19(26)9-11-20/h4-11,21H,2-3,12-16H2,1H3,(H,27,30)/t24-/m0/s1. The van der Waals surface area contributed by atoms with E-state index in [1.54, 1.807) is 17.0 Å². The molecule has 1 saturated heterocycles. The molecule has 1 heterocycles. The molecule has 2 amide bonds. The van der Waals surface area contributed by atoms with Crippen molar-refractivity contribution in [2.24, 2.45) is 0 Å². The molecule has 7 heteroatoms. The molecule has 0 spiro atoms. The molecular formula is C24H27F2N3O2. The van der Waals surface area contributed by atoms with Gasteiger partial charge in [-0.1, -0.05) is 13.3 Å². The number of nitrogens with one attached hydrogen (secondary N) is 1. The normalized spacial score (nSPS) is 17.5. The molecular weight excluding hydrogens is 400 g/mol. The van der Waals surface area contributed by atoms with E-state index < -0.39 is 17.4 Å². The van der Waals surface area contributed by atoms with Gasteiger partial charge in [-0.15, -0.1) is 0 Å². The van der Waals surface area contributed by atoms with E-state index >= 15 is 0 Å². The van der Waals surface area contributed by atoms with Crippen LogP contribution >= 0.6 is 0 Å². The molecule has 2 aromatic carbocycles. The first kappa shape index (κ1) is 21.3. The Labute approximate surface area is 181 Å². The van der Waals surface area contributed by atoms with Crippen molar-refractivity contribution in [2.75, 3.05) is 18.0 Å². The number of carbonyl (C=O) groups excluding carboxylic acids is 2. The zero-order valence-corrected chi connectivity index (χ0v) is 17.6. The number of likely N-dealkylation sites (tertiary alicyclic amines) is 1. The lowest BCUT2D eigenvalue weighted by atomic mass is 9.95. The van der Waals surface area contributed by atoms with Crippen LogP contribution in [0.5, 0.6) is 0 Å². The van der Waals surface area contributed by atoms with Gasteiger partial charge < -0.3 is 15.1 Å². The first-order valence-corrected chi connectivity index (χ1v) is 10.9. The number of rotatable bonds is 8. The second-order valence-electron chi connectivity index (χ2n) is 8.29. The fourth-order valence-corrected chi connectivity index (χ4v) is 4.19. The lowest BCUT2D eigenvalue weighted by molar-refractivity contribution is -0.142. The van der Waals surface area contributed by atoms with Crippen LogP contribution in [0, 0.1) is 11.6 Å². The Bertz CT molecular complexity index is 940. The third kappa shape index (κ3) is 4.27. The van der Waals surface area contributed by atoms with Crippen LogP contribution in [0.1, 0.15) is 49.4 Å². The van der Waals surface area contributed by atoms with Crippen molar-refractivity contribution in [1.29, 1.82) is 0 Å². The topological polar surface area (TPSA) is 52.7 Å². The minimum atomic E-state index is -1.29. The average molecular weight is 427 g/mol. The SMILES string of the molecule is CCC[C@@](NC(=O)c1ccc(F)cc1)(C(=O)N1CCC1)N(c1ccc(F)cc1)C1CC1. The van der Waals surface area contributed by atoms with Crippen molar-refractivity contribution in [2.45, 2.75) is 50.7 Å². The molecule has 2 aliphatic rings. The van der Waals surface area contributed by atoms with Crippen LogP contribution in [0.25, 0.3) is 0 Å². The second-order valence-corrected chi connectivity index (χ2v) is 8.29. The summed E-state index contributed by atoms with van der Waals surface area (Å²) < 4.78 is 27.0. The number of anilines is 1. The Balaban J connectivity index is 1.77. The summed E-state index contributed by atoms with van der Waals surface area (Å²) in [7, 11) is 0. The molecule has 2 fully saturated rings. The monoisotopic (exact) mass is 427 g/mol. The molecule has 2 aromatic rings. The number of carbonyl (C=O) groups is 2. The number of hydrogen-bond acceptors (Lipinski definition) is 3. The summed E-state index contributed by atoms with van der Waals surface area (Å²) in [4.78, 5) is 30.8. The highest BCUT2D eigenvalue weighted by atomic mass is 19.1. The van der Waals surface area contributed by atoms with E-state index in [0.29, 0.717) is 31.6 Å². The van der Waals surface area contributed by atoms with Gasteiger partial charge >= 0.3 is 0 Å². The molecule has 1 saturated carbocycles. The van der Waals surface area contributed by atoms with Crippen molar-refractivity contribution < 1.29 is 18.4 Å². The Morgan fingerprint density at radius 1 is 1.03 bits per heavy atom. The molecule has 164 valence electrons. The van der Waals surface area contributed by atoms with Gasteiger partial charge in [-0.2, -0.15) is 0 Å². The third-order valence-corrected chi connectivity index (χ3v) is 5.96. The molecule has 31 heavy (non-hydrogen) atoms. The van der Waals surface area contributed by atoms with E-state index in [2.05, 4.69) is 5.32 Å². The lowest BCUT2D eigenvalue weighted by Gasteiger charge is -2.48. The first-order chi connectivity index (χ1) is 14.9. The molecule has 5 nitrogen and oxygen atoms in total. The molecule has 0 bridgehead atoms. The van der Waals surface area contributed by atoms with Gasteiger partial charge in [0.25, 0.3) is 11.8 Å². The molecule has 1 aliphatic heterocycles. The van der Waals surface area contributed by atoms with Gasteiger partial charge in [0.1, 0.15) is 11.6 Å². The quantitative estimate of drug-likeness (QED) is 0.646. The maximum absolute atomic E-state index is 13.8. The van der Waals surface area contributed by atoms with Gasteiger partial charge in [-0.3, -0.25) is 9.59 Å². The Morgan fingerprint density at radius 2 is 1.61 bits per heavy atom. The molecule has 0 radical (unpaired) electrons. The predicted molar refractivity (Wildman–Crippen MR) is 115 cm³/mol. The minimum absolute atomic E-state index is 0.0794. The zero-order valence-electron chi connectivity index (χ0n) is 17.6. The summed E-state index contributed by atoms with van der Waals surface area (Å²) in [5, 5.41) is 3.03. The maximum Gasteiger partial charge on any atom is 0.269 e. The van der Waals surface area contributed by atoms with Crippen LogP contribution in [-0.4, -0.2) is 41.5 Å². The Morgan fingerprint density at radius 3 is 2.10 bits per heavy atom. The van der Waals surface area contributed by atoms with E-state index in [1.165, 1.54) is 36.4 Å². The van der Waals surface area contributed by atoms with Gasteiger partial charge in [-0.05, 0) is 74.2 Å². The van der Waals surface area contributed by atoms with Crippen molar-refractivity contribution in [1.82, 2.24) is 10.2 Å². The number of nitrogens with zero attached hydrogens (tertiary/aromatic N) is 2. The maximum atomic E-state index is 13.8. The van der Waals surface area contributed by atoms with Gasteiger partial charge in [0.2, 0.25) is 0 Å². The molecule has 0 unspecified atom stereocenters. The van der Waals surface area contributed by atoms with Crippen molar-refractivity contribution >= 4 is 17.5 Å². The molecule has 1 N–H and O–H groups in total. The predicted octanol–water partition coefficient (Wildman–Crippen LogP) is 4.09. The summed E-state index contributed by atoms with van der Waals surface area (Å²) in [6.45, 7) is 3.27. The largest absolute Gasteiger partial charge is 0.339 e. The van der Waals surface area contributed by atoms with Gasteiger partial charge in [0, 0.05) is 30.4 Å². The third-order valence-electron chi connectivity index (χ3n) is 5.96. The van der Waals surface area contributed by atoms with Gasteiger partial charge in [0.15, 0.2) is 5.66 Å². The van der Waals surface area contributed by atoms with E-state index in [0.717, 1.165) is 19.3 Å². The smallest absolute Gasteiger partial charge is 0.269 e. The molecule has 4 rings (SSSR count). The summed E-state index contributed by atoms with van der Waals surface area (Å²) in [6, 6.07) is 11.4. The van der Waals surface area contributed by atoms with Crippen LogP contribution < -0.4 is 10.2 Å². The fourth-order valence-electron chi connectivity index (χ4n) is 4.19. The summed E-state index contributed by atoms with van der Waals surface area (Å²) in [6.07, 6.45) is 3.78. The number of halogens is 2. The Kier molecular flexibility index (Phi) is 5.94. The second kappa shape index (κ2) is 8.65. The van der Waals surface area contributed by atoms with Crippen LogP contribution in [0.4, 0.5) is 14.5 Å². The molecule has 1 atom stereocenters. The van der Waals surface area contributed by atoms with Crippen molar-refractivity contribution in [3.63, 3.8) is 0 Å². The van der Waals surface area contributed by atoms with Crippen molar-refractivity contribution in [3.8, 4) is 0 Å². The summed E-state index contributed by atoms with van der Waals surface area (Å²) >= 11 is 0. The Hall–Kier alpha value is -2.96. The van der Waals surface area contributed by atoms with Gasteiger partial charge in [-0.25, -0.2) is 8.78 Å². The highest BCUT2D eigenvalue weighted by Gasteiger charge is 2.52. The lowest BCUT2D eigenvalue weighted by Crippen LogP contribution is -2.71. The van der Waals surface area contributed by atoms with Crippen molar-refractivity contribution in [3.05, 3.63) is 65.7 Å². The number of benzene rings is 2. The zero-order chi connectivity index (χ0) is 22.0. The number of hydrogen-bond donors (Lipinski definition) is 1. The van der Waals surface area contributed by atoms with Crippen LogP contribution in [0.2, 0.25) is 0 Å². The van der Waals surface area contributed by atoms with E-state index in [-0.39, 0.29) is 23.3 Å². The van der Waals surface area contributed by atoms with Crippen LogP contribution in [0.15, 0.2) is 48.5 Å². The highest BCUT2D eigenvalue weighted by molar-refractivity contribution is 6.01. The van der Waals surface area contributed by atoms with E-state index in [9.17, 15) is 18.4 Å². The van der Waals surface area contributed by atoms with Gasteiger partial charge in [0.05, 0.1) is 0 Å². The first-order valence-electron chi connectivity index (χ1n) is 10.9. The average Bonchev–Trinajstić information content (AvgIpc) is 3.53. The van der Waals surface area contributed by atoms with Crippen LogP contribution in [-0.2, 0) is 4.79 Å². The highest BCUT2D eigenvalue weighted by Crippen LogP contribution is 2.40. The number of amides is 2. The van der Waals surface area contributed by atoms with E-state index in [1.807, 2.05) is 11.8 Å².